The zero-order valence-corrected chi connectivity index (χ0v) is 15.0. The number of nitrogens with one attached hydrogen (secondary N) is 1. The van der Waals surface area contributed by atoms with Crippen LogP contribution in [-0.2, 0) is 17.2 Å². The van der Waals surface area contributed by atoms with Gasteiger partial charge in [0.25, 0.3) is 0 Å². The number of aromatic nitrogens is 2. The molecule has 0 amide bonds. The highest BCUT2D eigenvalue weighted by atomic mass is 32.2. The van der Waals surface area contributed by atoms with E-state index in [9.17, 15) is 17.4 Å². The highest BCUT2D eigenvalue weighted by Crippen LogP contribution is 2.35. The molecule has 4 aromatic rings. The lowest BCUT2D eigenvalue weighted by Crippen LogP contribution is -2.03. The van der Waals surface area contributed by atoms with E-state index >= 15 is 0 Å². The minimum Gasteiger partial charge on any atom is -0.351 e. The Morgan fingerprint density at radius 3 is 2.70 bits per heavy atom. The van der Waals surface area contributed by atoms with Crippen molar-refractivity contribution in [3.05, 3.63) is 60.5 Å². The zero-order chi connectivity index (χ0) is 19.0. The Morgan fingerprint density at radius 2 is 1.93 bits per heavy atom. The molecule has 0 fully saturated rings. The summed E-state index contributed by atoms with van der Waals surface area (Å²) < 4.78 is 58.2. The van der Waals surface area contributed by atoms with Crippen molar-refractivity contribution in [1.82, 2.24) is 10.1 Å². The molecule has 0 aliphatic rings. The molecule has 3 aromatic heterocycles. The quantitative estimate of drug-likeness (QED) is 0.509. The van der Waals surface area contributed by atoms with E-state index < -0.39 is 22.9 Å². The summed E-state index contributed by atoms with van der Waals surface area (Å²) in [6, 6.07) is 13.1. The summed E-state index contributed by atoms with van der Waals surface area (Å²) in [6.07, 6.45) is -2.96. The molecule has 10 heteroatoms. The molecule has 5 nitrogen and oxygen atoms in total. The van der Waals surface area contributed by atoms with E-state index in [2.05, 4.69) is 19.4 Å². The average molecular weight is 409 g/mol. The van der Waals surface area contributed by atoms with Crippen molar-refractivity contribution in [3.63, 3.8) is 0 Å². The van der Waals surface area contributed by atoms with Crippen molar-refractivity contribution in [2.45, 2.75) is 10.4 Å². The van der Waals surface area contributed by atoms with E-state index in [1.54, 1.807) is 24.4 Å². The predicted molar refractivity (Wildman–Crippen MR) is 96.6 cm³/mol. The smallest absolute Gasteiger partial charge is 0.351 e. The number of benzene rings is 1. The largest absolute Gasteiger partial charge is 0.452 e. The van der Waals surface area contributed by atoms with E-state index in [0.29, 0.717) is 20.3 Å². The van der Waals surface area contributed by atoms with E-state index in [4.69, 9.17) is 0 Å². The number of pyridine rings is 1. The van der Waals surface area contributed by atoms with Gasteiger partial charge in [0.15, 0.2) is 11.0 Å². The number of para-hydroxylation sites is 1. The van der Waals surface area contributed by atoms with Crippen LogP contribution in [0, 0.1) is 0 Å². The van der Waals surface area contributed by atoms with Gasteiger partial charge in [0.05, 0.1) is 16.1 Å². The number of thiophene rings is 1. The van der Waals surface area contributed by atoms with Gasteiger partial charge in [0.2, 0.25) is 5.76 Å². The van der Waals surface area contributed by atoms with Crippen LogP contribution in [0.4, 0.5) is 18.9 Å². The fourth-order valence-corrected chi connectivity index (χ4v) is 4.46. The monoisotopic (exact) mass is 409 g/mol. The van der Waals surface area contributed by atoms with Crippen molar-refractivity contribution < 1.29 is 21.9 Å². The molecule has 3 heterocycles. The topological polar surface area (TPSA) is 68.0 Å². The molecule has 138 valence electrons. The number of nitrogens with zero attached hydrogens (tertiary/aromatic N) is 2. The zero-order valence-electron chi connectivity index (χ0n) is 13.4. The third kappa shape index (κ3) is 3.58. The Hall–Kier alpha value is -2.72. The number of alkyl halides is 3. The number of rotatable bonds is 4. The first kappa shape index (κ1) is 17.7. The highest BCUT2D eigenvalue weighted by molar-refractivity contribution is 7.88. The second-order valence-corrected chi connectivity index (χ2v) is 7.97. The van der Waals surface area contributed by atoms with Gasteiger partial charge in [-0.2, -0.15) is 13.2 Å². The SMILES string of the molecule is O=S(Nc1cccc2cccnc12)c1ccc(-c2cc(C(F)(F)F)on2)s1. The van der Waals surface area contributed by atoms with Crippen LogP contribution >= 0.6 is 11.3 Å². The van der Waals surface area contributed by atoms with Gasteiger partial charge in [0.1, 0.15) is 9.90 Å². The number of anilines is 1. The molecule has 0 saturated carbocycles. The summed E-state index contributed by atoms with van der Waals surface area (Å²) in [4.78, 5) is 4.71. The summed E-state index contributed by atoms with van der Waals surface area (Å²) in [5.74, 6) is -1.17. The van der Waals surface area contributed by atoms with Crippen molar-refractivity contribution in [2.24, 2.45) is 0 Å². The van der Waals surface area contributed by atoms with Crippen LogP contribution < -0.4 is 4.72 Å². The maximum Gasteiger partial charge on any atom is 0.452 e. The Balaban J connectivity index is 1.58. The molecular formula is C17H10F3N3O2S2. The summed E-state index contributed by atoms with van der Waals surface area (Å²) in [7, 11) is -1.61. The fourth-order valence-electron chi connectivity index (χ4n) is 2.42. The van der Waals surface area contributed by atoms with E-state index in [1.807, 2.05) is 24.3 Å². The van der Waals surface area contributed by atoms with Crippen LogP contribution in [-0.4, -0.2) is 14.3 Å². The van der Waals surface area contributed by atoms with Gasteiger partial charge >= 0.3 is 6.18 Å². The molecule has 0 spiro atoms. The summed E-state index contributed by atoms with van der Waals surface area (Å²) in [5.41, 5.74) is 1.32. The normalized spacial score (nSPS) is 13.0. The molecule has 1 atom stereocenters. The van der Waals surface area contributed by atoms with Crippen molar-refractivity contribution in [1.29, 1.82) is 0 Å². The first-order valence-corrected chi connectivity index (χ1v) is 9.55. The fraction of sp³-hybridized carbons (Fsp3) is 0.0588. The van der Waals surface area contributed by atoms with Gasteiger partial charge in [0, 0.05) is 17.6 Å². The van der Waals surface area contributed by atoms with Crippen LogP contribution in [0.3, 0.4) is 0 Å². The van der Waals surface area contributed by atoms with Gasteiger partial charge in [-0.25, -0.2) is 4.21 Å². The molecule has 1 unspecified atom stereocenters. The molecule has 0 aliphatic carbocycles. The number of hydrogen-bond acceptors (Lipinski definition) is 5. The minimum absolute atomic E-state index is 0.0439. The van der Waals surface area contributed by atoms with Gasteiger partial charge in [-0.3, -0.25) is 9.71 Å². The second kappa shape index (κ2) is 6.78. The van der Waals surface area contributed by atoms with Gasteiger partial charge in [-0.1, -0.05) is 23.4 Å². The molecule has 1 aromatic carbocycles. The highest BCUT2D eigenvalue weighted by Gasteiger charge is 2.36. The number of halogens is 3. The summed E-state index contributed by atoms with van der Waals surface area (Å²) >= 11 is 1.07. The van der Waals surface area contributed by atoms with Crippen LogP contribution in [0.25, 0.3) is 21.5 Å². The number of fused-ring (bicyclic) bond motifs is 1. The molecule has 0 saturated heterocycles. The molecule has 0 bridgehead atoms. The lowest BCUT2D eigenvalue weighted by molar-refractivity contribution is -0.155. The van der Waals surface area contributed by atoms with Crippen LogP contribution in [0.5, 0.6) is 0 Å². The first-order valence-electron chi connectivity index (χ1n) is 7.58. The Bertz CT molecular complexity index is 1130. The maximum atomic E-state index is 12.6. The maximum absolute atomic E-state index is 12.6. The van der Waals surface area contributed by atoms with Crippen LogP contribution in [0.2, 0.25) is 0 Å². The molecule has 1 N–H and O–H groups in total. The molecule has 0 radical (unpaired) electrons. The Kier molecular flexibility index (Phi) is 4.44. The van der Waals surface area contributed by atoms with Crippen molar-refractivity contribution in [3.8, 4) is 10.6 Å². The summed E-state index contributed by atoms with van der Waals surface area (Å²) in [5, 5.41) is 4.33. The summed E-state index contributed by atoms with van der Waals surface area (Å²) in [6.45, 7) is 0. The van der Waals surface area contributed by atoms with Crippen molar-refractivity contribution >= 4 is 38.9 Å². The minimum atomic E-state index is -4.60. The third-order valence-corrected chi connectivity index (χ3v) is 6.15. The average Bonchev–Trinajstić information content (AvgIpc) is 3.31. The van der Waals surface area contributed by atoms with E-state index in [-0.39, 0.29) is 5.69 Å². The third-order valence-electron chi connectivity index (χ3n) is 3.64. The van der Waals surface area contributed by atoms with Gasteiger partial charge in [-0.05, 0) is 24.3 Å². The second-order valence-electron chi connectivity index (χ2n) is 5.44. The Morgan fingerprint density at radius 1 is 1.11 bits per heavy atom. The number of hydrogen-bond donors (Lipinski definition) is 1. The molecular weight excluding hydrogens is 399 g/mol. The predicted octanol–water partition coefficient (Wildman–Crippen LogP) is 5.10. The van der Waals surface area contributed by atoms with Crippen LogP contribution in [0.15, 0.2) is 63.5 Å². The van der Waals surface area contributed by atoms with Crippen LogP contribution in [0.1, 0.15) is 5.76 Å². The standard InChI is InChI=1S/C17H10F3N3O2S2/c18-17(19,20)14-9-12(22-25-14)13-6-7-15(26-13)27(24)23-11-5-1-3-10-4-2-8-21-16(10)11/h1-9,23H. The first-order chi connectivity index (χ1) is 12.9. The Labute approximate surface area is 157 Å². The molecule has 4 rings (SSSR count). The van der Waals surface area contributed by atoms with Gasteiger partial charge < -0.3 is 4.52 Å². The molecule has 27 heavy (non-hydrogen) atoms. The van der Waals surface area contributed by atoms with Crippen molar-refractivity contribution in [2.75, 3.05) is 4.72 Å². The lowest BCUT2D eigenvalue weighted by atomic mass is 10.2. The van der Waals surface area contributed by atoms with E-state index in [1.165, 1.54) is 0 Å². The lowest BCUT2D eigenvalue weighted by Gasteiger charge is -2.07. The molecule has 0 aliphatic heterocycles. The van der Waals surface area contributed by atoms with E-state index in [0.717, 1.165) is 22.8 Å². The van der Waals surface area contributed by atoms with Gasteiger partial charge in [-0.15, -0.1) is 11.3 Å².